The minimum atomic E-state index is -0.631. The zero-order valence-electron chi connectivity index (χ0n) is 30.6. The molecule has 1 saturated heterocycles. The average Bonchev–Trinajstić information content (AvgIpc) is 3.68. The fraction of sp³-hybridized carbons (Fsp3) is 0.395. The number of carbonyl (C=O) groups is 1. The van der Waals surface area contributed by atoms with Crippen LogP contribution in [0.2, 0.25) is 0 Å². The van der Waals surface area contributed by atoms with E-state index in [0.717, 1.165) is 76.1 Å². The number of aromatic hydroxyl groups is 1. The van der Waals surface area contributed by atoms with E-state index < -0.39 is 6.29 Å². The molecule has 2 heterocycles. The smallest absolute Gasteiger partial charge is 0.315 e. The lowest BCUT2D eigenvalue weighted by Gasteiger charge is -2.56. The molecule has 1 aromatic heterocycles. The lowest BCUT2D eigenvalue weighted by Crippen LogP contribution is -2.61. The van der Waals surface area contributed by atoms with Crippen LogP contribution in [0, 0.1) is 17.8 Å². The van der Waals surface area contributed by atoms with Crippen LogP contribution in [0.25, 0.3) is 16.8 Å². The van der Waals surface area contributed by atoms with Crippen LogP contribution < -0.4 is 10.6 Å². The molecule has 4 aliphatic carbocycles. The highest BCUT2D eigenvalue weighted by molar-refractivity contribution is 7.99. The van der Waals surface area contributed by atoms with Gasteiger partial charge in [-0.25, -0.2) is 4.79 Å². The zero-order chi connectivity index (χ0) is 37.4. The summed E-state index contributed by atoms with van der Waals surface area (Å²) in [6.07, 6.45) is 6.98. The summed E-state index contributed by atoms with van der Waals surface area (Å²) in [6, 6.07) is 31.1. The van der Waals surface area contributed by atoms with Crippen molar-refractivity contribution < 1.29 is 24.5 Å². The molecule has 3 unspecified atom stereocenters. The lowest BCUT2D eigenvalue weighted by atomic mass is 9.53. The zero-order valence-corrected chi connectivity index (χ0v) is 31.4. The number of rotatable bonds is 11. The van der Waals surface area contributed by atoms with Crippen molar-refractivity contribution in [2.45, 2.75) is 87.3 Å². The number of carbonyl (C=O) groups excluding carboxylic acids is 1. The van der Waals surface area contributed by atoms with E-state index in [1.807, 2.05) is 42.5 Å². The minimum Gasteiger partial charge on any atom is -0.508 e. The van der Waals surface area contributed by atoms with Gasteiger partial charge in [0.1, 0.15) is 5.75 Å². The molecule has 1 aliphatic heterocycles. The topological polar surface area (TPSA) is 144 Å². The molecule has 12 heteroatoms. The van der Waals surface area contributed by atoms with Gasteiger partial charge in [-0.15, -0.1) is 5.10 Å². The van der Waals surface area contributed by atoms with Gasteiger partial charge in [0.25, 0.3) is 0 Å². The maximum atomic E-state index is 13.2. The second-order valence-electron chi connectivity index (χ2n) is 15.9. The van der Waals surface area contributed by atoms with Crippen molar-refractivity contribution in [1.29, 1.82) is 0 Å². The van der Waals surface area contributed by atoms with Gasteiger partial charge >= 0.3 is 6.03 Å². The Morgan fingerprint density at radius 3 is 2.25 bits per heavy atom. The summed E-state index contributed by atoms with van der Waals surface area (Å²) in [5.74, 6) is 3.08. The van der Waals surface area contributed by atoms with Gasteiger partial charge in [0.05, 0.1) is 24.5 Å². The Morgan fingerprint density at radius 2 is 1.53 bits per heavy atom. The van der Waals surface area contributed by atoms with E-state index in [1.54, 1.807) is 28.9 Å². The number of aliphatic hydroxyl groups excluding tert-OH is 1. The van der Waals surface area contributed by atoms with Crippen molar-refractivity contribution in [3.63, 3.8) is 0 Å². The number of hydrogen-bond donors (Lipinski definition) is 4. The molecule has 4 saturated carbocycles. The average molecular weight is 759 g/mol. The minimum absolute atomic E-state index is 0.0194. The summed E-state index contributed by atoms with van der Waals surface area (Å²) in [5, 5.41) is 38.9. The molecule has 4 N–H and O–H groups in total. The van der Waals surface area contributed by atoms with Gasteiger partial charge in [0.2, 0.25) is 5.16 Å². The molecule has 55 heavy (non-hydrogen) atoms. The summed E-state index contributed by atoms with van der Waals surface area (Å²) in [6.45, 7) is 0.429. The molecule has 5 fully saturated rings. The molecule has 4 aromatic carbocycles. The Kier molecular flexibility index (Phi) is 10.1. The molecular formula is C43H46N6O5S. The number of tetrazole rings is 1. The van der Waals surface area contributed by atoms with Crippen molar-refractivity contribution in [3.05, 3.63) is 119 Å². The Labute approximate surface area is 324 Å². The van der Waals surface area contributed by atoms with E-state index >= 15 is 0 Å². The summed E-state index contributed by atoms with van der Waals surface area (Å²) in [7, 11) is 0. The van der Waals surface area contributed by atoms with E-state index in [9.17, 15) is 15.0 Å². The van der Waals surface area contributed by atoms with Crippen LogP contribution in [0.15, 0.2) is 102 Å². The first-order chi connectivity index (χ1) is 26.9. The van der Waals surface area contributed by atoms with Gasteiger partial charge in [0, 0.05) is 29.8 Å². The van der Waals surface area contributed by atoms with Gasteiger partial charge in [-0.2, -0.15) is 4.68 Å². The number of ether oxygens (including phenoxy) is 2. The van der Waals surface area contributed by atoms with Crippen LogP contribution in [0.1, 0.15) is 79.6 Å². The number of aromatic nitrogens is 4. The summed E-state index contributed by atoms with van der Waals surface area (Å²) in [5.41, 5.74) is 6.58. The van der Waals surface area contributed by atoms with Crippen molar-refractivity contribution >= 4 is 17.8 Å². The number of benzene rings is 4. The molecule has 5 aromatic rings. The number of nitrogens with one attached hydrogen (secondary N) is 2. The highest BCUT2D eigenvalue weighted by Crippen LogP contribution is 2.55. The molecule has 11 nitrogen and oxygen atoms in total. The van der Waals surface area contributed by atoms with E-state index in [4.69, 9.17) is 9.47 Å². The number of aliphatic hydroxyl groups is 1. The predicted molar refractivity (Wildman–Crippen MR) is 208 cm³/mol. The molecule has 0 spiro atoms. The molecule has 2 amide bonds. The second-order valence-corrected chi connectivity index (χ2v) is 16.9. The maximum Gasteiger partial charge on any atom is 0.315 e. The normalized spacial score (nSPS) is 26.9. The maximum absolute atomic E-state index is 13.2. The number of hydrogen-bond acceptors (Lipinski definition) is 9. The number of phenolic OH excluding ortho intramolecular Hbond substituents is 1. The third-order valence-electron chi connectivity index (χ3n) is 11.8. The molecule has 10 rings (SSSR count). The summed E-state index contributed by atoms with van der Waals surface area (Å²) < 4.78 is 15.0. The number of amides is 2. The van der Waals surface area contributed by atoms with Crippen molar-refractivity contribution in [1.82, 2.24) is 30.8 Å². The van der Waals surface area contributed by atoms with Crippen molar-refractivity contribution in [2.24, 2.45) is 17.8 Å². The first kappa shape index (κ1) is 35.9. The van der Waals surface area contributed by atoms with E-state index in [-0.39, 0.29) is 36.1 Å². The molecule has 0 radical (unpaired) electrons. The van der Waals surface area contributed by atoms with Crippen LogP contribution in [0.4, 0.5) is 4.79 Å². The van der Waals surface area contributed by atoms with Gasteiger partial charge in [0.15, 0.2) is 6.29 Å². The molecule has 3 atom stereocenters. The molecule has 4 bridgehead atoms. The predicted octanol–water partition coefficient (Wildman–Crippen LogP) is 7.63. The number of phenols is 1. The van der Waals surface area contributed by atoms with Gasteiger partial charge in [-0.3, -0.25) is 0 Å². The SMILES string of the molecule is O=C(NCc1cccc(-c2cccc(C3OC(CSc4nnnn4-c4ccc(O)cc4)CC(c4ccc(CO)cc4)O3)c2)c1)NC12CC3CC(CC(C3)C1)C2. The molecule has 284 valence electrons. The summed E-state index contributed by atoms with van der Waals surface area (Å²) in [4.78, 5) is 13.2. The highest BCUT2D eigenvalue weighted by atomic mass is 32.2. The third kappa shape index (κ3) is 8.00. The highest BCUT2D eigenvalue weighted by Gasteiger charge is 2.51. The number of nitrogens with zero attached hydrogens (tertiary/aromatic N) is 4. The van der Waals surface area contributed by atoms with Crippen LogP contribution in [0.3, 0.4) is 0 Å². The van der Waals surface area contributed by atoms with Gasteiger partial charge in [-0.05, 0) is 131 Å². The Bertz CT molecular complexity index is 2090. The van der Waals surface area contributed by atoms with Crippen molar-refractivity contribution in [3.8, 4) is 22.6 Å². The van der Waals surface area contributed by atoms with Gasteiger partial charge < -0.3 is 30.3 Å². The van der Waals surface area contributed by atoms with Crippen LogP contribution in [0.5, 0.6) is 5.75 Å². The number of thioether (sulfide) groups is 1. The van der Waals surface area contributed by atoms with E-state index in [2.05, 4.69) is 56.5 Å². The van der Waals surface area contributed by atoms with Crippen LogP contribution in [-0.2, 0) is 22.6 Å². The largest absolute Gasteiger partial charge is 0.508 e. The second kappa shape index (κ2) is 15.4. The lowest BCUT2D eigenvalue weighted by molar-refractivity contribution is -0.245. The molecular weight excluding hydrogens is 713 g/mol. The van der Waals surface area contributed by atoms with Crippen LogP contribution in [-0.4, -0.2) is 53.8 Å². The van der Waals surface area contributed by atoms with E-state index in [1.165, 1.54) is 31.0 Å². The quantitative estimate of drug-likeness (QED) is 0.100. The van der Waals surface area contributed by atoms with Crippen LogP contribution >= 0.6 is 11.8 Å². The standard InChI is InChI=1S/C43H46N6O5S/c50-25-27-7-9-32(10-8-27)39-20-38(26-55-42-46-47-48-49(42)36-11-13-37(51)14-12-36)53-40(54-39)35-6-2-5-34(19-35)33-4-1-3-28(18-33)24-44-41(52)45-43-21-29-15-30(22-43)17-31(16-29)23-43/h1-14,18-19,29-31,38-40,50-51H,15-17,20-26H2,(H2,44,45,52). The van der Waals surface area contributed by atoms with Gasteiger partial charge in [-0.1, -0.05) is 72.4 Å². The Morgan fingerprint density at radius 1 is 0.818 bits per heavy atom. The molecule has 5 aliphatic rings. The fourth-order valence-electron chi connectivity index (χ4n) is 9.67. The monoisotopic (exact) mass is 758 g/mol. The Balaban J connectivity index is 0.893. The first-order valence-electron chi connectivity index (χ1n) is 19.3. The number of urea groups is 1. The Hall–Kier alpha value is -4.75. The fourth-order valence-corrected chi connectivity index (χ4v) is 10.6. The van der Waals surface area contributed by atoms with E-state index in [0.29, 0.717) is 23.9 Å². The third-order valence-corrected chi connectivity index (χ3v) is 12.9. The van der Waals surface area contributed by atoms with Crippen molar-refractivity contribution in [2.75, 3.05) is 5.75 Å². The first-order valence-corrected chi connectivity index (χ1v) is 20.3. The summed E-state index contributed by atoms with van der Waals surface area (Å²) >= 11 is 1.50.